The number of nitrogens with zero attached hydrogens (tertiary/aromatic N) is 4. The first kappa shape index (κ1) is 11.7. The van der Waals surface area contributed by atoms with Gasteiger partial charge in [-0.25, -0.2) is 4.98 Å². The summed E-state index contributed by atoms with van der Waals surface area (Å²) in [6.45, 7) is 4.51. The van der Waals surface area contributed by atoms with Gasteiger partial charge in [0.15, 0.2) is 0 Å². The predicted octanol–water partition coefficient (Wildman–Crippen LogP) is -0.174. The highest BCUT2D eigenvalue weighted by Gasteiger charge is 2.32. The van der Waals surface area contributed by atoms with Crippen molar-refractivity contribution in [2.75, 3.05) is 50.5 Å². The second kappa shape index (κ2) is 4.70. The Hall–Kier alpha value is -1.40. The lowest BCUT2D eigenvalue weighted by Gasteiger charge is -2.29. The van der Waals surface area contributed by atoms with Gasteiger partial charge >= 0.3 is 0 Å². The minimum Gasteiger partial charge on any atom is -0.384 e. The second-order valence-electron chi connectivity index (χ2n) is 5.18. The van der Waals surface area contributed by atoms with E-state index in [1.54, 1.807) is 12.3 Å². The standard InChI is InChI=1S/C12H19N5O/c1-16-4-9-5-17(6-10(16)8-18-7-9)12-14-3-2-11(13)15-12/h2-3,9-10H,4-8H2,1H3,(H2,13,14,15)/t9-,10+/m1/s1. The molecule has 98 valence electrons. The van der Waals surface area contributed by atoms with Gasteiger partial charge in [-0.1, -0.05) is 0 Å². The van der Waals surface area contributed by atoms with E-state index >= 15 is 0 Å². The molecule has 0 amide bonds. The van der Waals surface area contributed by atoms with Crippen molar-refractivity contribution in [2.45, 2.75) is 6.04 Å². The molecular weight excluding hydrogens is 230 g/mol. The number of hydrogen-bond acceptors (Lipinski definition) is 6. The molecule has 0 unspecified atom stereocenters. The molecule has 1 aromatic heterocycles. The molecule has 6 nitrogen and oxygen atoms in total. The van der Waals surface area contributed by atoms with Crippen LogP contribution in [-0.2, 0) is 4.74 Å². The molecular formula is C12H19N5O. The van der Waals surface area contributed by atoms with E-state index in [2.05, 4.69) is 26.8 Å². The van der Waals surface area contributed by atoms with Gasteiger partial charge in [0.1, 0.15) is 5.82 Å². The van der Waals surface area contributed by atoms with Crippen LogP contribution in [0.4, 0.5) is 11.8 Å². The lowest BCUT2D eigenvalue weighted by molar-refractivity contribution is 0.0928. The molecule has 0 radical (unpaired) electrons. The second-order valence-corrected chi connectivity index (χ2v) is 5.18. The summed E-state index contributed by atoms with van der Waals surface area (Å²) >= 11 is 0. The molecule has 2 saturated heterocycles. The third-order valence-corrected chi connectivity index (χ3v) is 3.69. The van der Waals surface area contributed by atoms with E-state index in [1.165, 1.54) is 0 Å². The summed E-state index contributed by atoms with van der Waals surface area (Å²) < 4.78 is 5.71. The number of fused-ring (bicyclic) bond motifs is 3. The Morgan fingerprint density at radius 2 is 2.22 bits per heavy atom. The number of nitrogen functional groups attached to an aromatic ring is 1. The monoisotopic (exact) mass is 249 g/mol. The fraction of sp³-hybridized carbons (Fsp3) is 0.667. The zero-order valence-electron chi connectivity index (χ0n) is 10.6. The first-order valence-corrected chi connectivity index (χ1v) is 6.34. The van der Waals surface area contributed by atoms with Crippen LogP contribution in [-0.4, -0.2) is 60.8 Å². The first-order chi connectivity index (χ1) is 8.72. The van der Waals surface area contributed by atoms with Crippen molar-refractivity contribution in [1.82, 2.24) is 14.9 Å². The molecule has 3 heterocycles. The highest BCUT2D eigenvalue weighted by Crippen LogP contribution is 2.21. The van der Waals surface area contributed by atoms with Crippen LogP contribution in [0.1, 0.15) is 0 Å². The Balaban J connectivity index is 1.85. The van der Waals surface area contributed by atoms with Gasteiger partial charge in [0, 0.05) is 31.7 Å². The summed E-state index contributed by atoms with van der Waals surface area (Å²) in [5.41, 5.74) is 5.73. The van der Waals surface area contributed by atoms with Crippen molar-refractivity contribution in [1.29, 1.82) is 0 Å². The van der Waals surface area contributed by atoms with Crippen molar-refractivity contribution in [3.05, 3.63) is 12.3 Å². The van der Waals surface area contributed by atoms with Crippen molar-refractivity contribution in [2.24, 2.45) is 5.92 Å². The Kier molecular flexibility index (Phi) is 3.05. The molecule has 0 saturated carbocycles. The minimum atomic E-state index is 0.405. The summed E-state index contributed by atoms with van der Waals surface area (Å²) in [5.74, 6) is 1.77. The predicted molar refractivity (Wildman–Crippen MR) is 69.4 cm³/mol. The summed E-state index contributed by atoms with van der Waals surface area (Å²) in [6.07, 6.45) is 1.72. The number of rotatable bonds is 1. The molecule has 3 rings (SSSR count). The van der Waals surface area contributed by atoms with Gasteiger partial charge in [0.2, 0.25) is 5.95 Å². The molecule has 2 fully saturated rings. The number of hydrogen-bond donors (Lipinski definition) is 1. The average Bonchev–Trinajstić information content (AvgIpc) is 2.57. The molecule has 2 aliphatic rings. The lowest BCUT2D eigenvalue weighted by Crippen LogP contribution is -2.42. The van der Waals surface area contributed by atoms with Gasteiger partial charge in [-0.15, -0.1) is 0 Å². The molecule has 6 heteroatoms. The zero-order valence-corrected chi connectivity index (χ0v) is 10.6. The number of ether oxygens (including phenoxy) is 1. The molecule has 2 atom stereocenters. The highest BCUT2D eigenvalue weighted by atomic mass is 16.5. The van der Waals surface area contributed by atoms with Crippen molar-refractivity contribution in [3.63, 3.8) is 0 Å². The highest BCUT2D eigenvalue weighted by molar-refractivity contribution is 5.38. The maximum atomic E-state index is 5.73. The van der Waals surface area contributed by atoms with Crippen LogP contribution < -0.4 is 10.6 Å². The van der Waals surface area contributed by atoms with E-state index in [0.717, 1.165) is 38.8 Å². The summed E-state index contributed by atoms with van der Waals surface area (Å²) in [4.78, 5) is 13.3. The SMILES string of the molecule is CN1C[C@H]2COC[C@@H]1CN(c1nccc(N)n1)C2. The smallest absolute Gasteiger partial charge is 0.227 e. The van der Waals surface area contributed by atoms with Crippen LogP contribution in [0.5, 0.6) is 0 Å². The fourth-order valence-corrected chi connectivity index (χ4v) is 2.73. The number of anilines is 2. The third-order valence-electron chi connectivity index (χ3n) is 3.69. The van der Waals surface area contributed by atoms with Crippen LogP contribution in [0.2, 0.25) is 0 Å². The molecule has 0 spiro atoms. The lowest BCUT2D eigenvalue weighted by atomic mass is 10.1. The molecule has 1 aromatic rings. The summed E-state index contributed by atoms with van der Waals surface area (Å²) in [5, 5.41) is 0. The molecule has 0 aromatic carbocycles. The number of nitrogens with two attached hydrogens (primary N) is 1. The summed E-state index contributed by atoms with van der Waals surface area (Å²) in [6, 6.07) is 2.12. The van der Waals surface area contributed by atoms with Gasteiger partial charge in [-0.05, 0) is 13.1 Å². The Labute approximate surface area is 107 Å². The van der Waals surface area contributed by atoms with Gasteiger partial charge in [-0.3, -0.25) is 4.90 Å². The molecule has 2 bridgehead atoms. The molecule has 2 N–H and O–H groups in total. The van der Waals surface area contributed by atoms with Crippen molar-refractivity contribution >= 4 is 11.8 Å². The van der Waals surface area contributed by atoms with Crippen molar-refractivity contribution < 1.29 is 4.74 Å². The maximum Gasteiger partial charge on any atom is 0.227 e. The first-order valence-electron chi connectivity index (χ1n) is 6.34. The molecule has 2 aliphatic heterocycles. The van der Waals surface area contributed by atoms with E-state index in [9.17, 15) is 0 Å². The Morgan fingerprint density at radius 3 is 3.06 bits per heavy atom. The zero-order chi connectivity index (χ0) is 12.5. The Morgan fingerprint density at radius 1 is 1.33 bits per heavy atom. The largest absolute Gasteiger partial charge is 0.384 e. The molecule has 0 aliphatic carbocycles. The molecule has 18 heavy (non-hydrogen) atoms. The van der Waals surface area contributed by atoms with E-state index in [0.29, 0.717) is 17.8 Å². The third kappa shape index (κ3) is 2.26. The van der Waals surface area contributed by atoms with Gasteiger partial charge in [0.25, 0.3) is 0 Å². The van der Waals surface area contributed by atoms with E-state index < -0.39 is 0 Å². The number of aromatic nitrogens is 2. The van der Waals surface area contributed by atoms with Gasteiger partial charge < -0.3 is 15.4 Å². The van der Waals surface area contributed by atoms with Gasteiger partial charge in [-0.2, -0.15) is 4.98 Å². The minimum absolute atomic E-state index is 0.405. The maximum absolute atomic E-state index is 5.73. The van der Waals surface area contributed by atoms with E-state index in [4.69, 9.17) is 10.5 Å². The fourth-order valence-electron chi connectivity index (χ4n) is 2.73. The topological polar surface area (TPSA) is 67.5 Å². The van der Waals surface area contributed by atoms with Crippen molar-refractivity contribution in [3.8, 4) is 0 Å². The van der Waals surface area contributed by atoms with Crippen LogP contribution in [0.25, 0.3) is 0 Å². The normalized spacial score (nSPS) is 29.1. The van der Waals surface area contributed by atoms with Crippen LogP contribution >= 0.6 is 0 Å². The van der Waals surface area contributed by atoms with E-state index in [-0.39, 0.29) is 0 Å². The number of likely N-dealkylation sites (N-methyl/N-ethyl adjacent to an activating group) is 1. The van der Waals surface area contributed by atoms with Crippen LogP contribution in [0.15, 0.2) is 12.3 Å². The van der Waals surface area contributed by atoms with Crippen LogP contribution in [0, 0.1) is 5.92 Å². The quantitative estimate of drug-likeness (QED) is 0.745. The summed E-state index contributed by atoms with van der Waals surface area (Å²) in [7, 11) is 2.16. The van der Waals surface area contributed by atoms with Gasteiger partial charge in [0.05, 0.1) is 19.3 Å². The average molecular weight is 249 g/mol. The Bertz CT molecular complexity index is 427. The van der Waals surface area contributed by atoms with Crippen LogP contribution in [0.3, 0.4) is 0 Å². The van der Waals surface area contributed by atoms with E-state index in [1.807, 2.05) is 0 Å².